The molecule has 0 aliphatic rings. The molecule has 3 N–H and O–H groups in total. The maximum Gasteiger partial charge on any atom is 0.369 e. The van der Waals surface area contributed by atoms with Crippen LogP contribution in [-0.2, 0) is 0 Å². The van der Waals surface area contributed by atoms with E-state index in [0.29, 0.717) is 5.75 Å². The summed E-state index contributed by atoms with van der Waals surface area (Å²) in [5, 5.41) is 26.6. The van der Waals surface area contributed by atoms with Crippen LogP contribution in [0, 0.1) is 32.6 Å². The van der Waals surface area contributed by atoms with E-state index in [1.165, 1.54) is 55.2 Å². The van der Waals surface area contributed by atoms with Crippen LogP contribution in [0.3, 0.4) is 0 Å². The molecule has 2 atom stereocenters. The number of phenolic OH excluding ortho intramolecular Hbond substituents is 1. The number of aryl methyl sites for hydroxylation is 3. The summed E-state index contributed by atoms with van der Waals surface area (Å²) in [6, 6.07) is 15.6. The summed E-state index contributed by atoms with van der Waals surface area (Å²) in [7, 11) is 0. The highest BCUT2D eigenvalue weighted by molar-refractivity contribution is 9.69. The molecule has 2 unspecified atom stereocenters. The summed E-state index contributed by atoms with van der Waals surface area (Å²) in [5.41, 5.74) is 3.83. The Morgan fingerprint density at radius 1 is 0.525 bits per heavy atom. The molecule has 3 nitrogen and oxygen atoms in total. The Morgan fingerprint density at radius 2 is 0.750 bits per heavy atom. The number of phenols is 1. The first-order valence-corrected chi connectivity index (χ1v) is 17.4. The minimum atomic E-state index is -0.104. The van der Waals surface area contributed by atoms with E-state index in [1.807, 2.05) is 32.9 Å². The first-order chi connectivity index (χ1) is 18.6. The topological polar surface area (TPSA) is 60.7 Å². The molecule has 40 heavy (non-hydrogen) atoms. The van der Waals surface area contributed by atoms with Crippen LogP contribution in [0.4, 0.5) is 0 Å². The fourth-order valence-corrected chi connectivity index (χ4v) is 3.17. The number of halogens is 3. The van der Waals surface area contributed by atoms with Gasteiger partial charge >= 0.3 is 3.18 Å². The number of aliphatic hydroxyl groups excluding tert-OH is 2. The molecule has 0 radical (unpaired) electrons. The third-order valence-electron chi connectivity index (χ3n) is 5.56. The number of aromatic hydroxyl groups is 1. The number of benzene rings is 2. The van der Waals surface area contributed by atoms with Crippen molar-refractivity contribution in [2.75, 3.05) is 0 Å². The molecule has 0 amide bonds. The molecule has 0 aliphatic carbocycles. The maximum atomic E-state index is 8.92. The van der Waals surface area contributed by atoms with Gasteiger partial charge in [-0.1, -0.05) is 119 Å². The normalized spacial score (nSPS) is 11.4. The Balaban J connectivity index is -0.000000438. The Labute approximate surface area is 273 Å². The van der Waals surface area contributed by atoms with Gasteiger partial charge in [-0.3, -0.25) is 0 Å². The Kier molecular flexibility index (Phi) is 33.2. The summed E-state index contributed by atoms with van der Waals surface area (Å²) in [6.45, 7) is 18.8. The summed E-state index contributed by atoms with van der Waals surface area (Å²) in [5.74, 6) is 1.96. The molecular formula is C33H58BBr3O3. The molecule has 0 spiro atoms. The lowest BCUT2D eigenvalue weighted by atomic mass is 10.0. The SMILES string of the molecule is BrB(Br)Br.CC(C)CCCCC(C)O.CC(C)CCCCC(C)O.Cc1ccc(C)cc1.Cc1ccc(O)cc1. The van der Waals surface area contributed by atoms with Crippen LogP contribution in [0.2, 0.25) is 0 Å². The maximum absolute atomic E-state index is 8.92. The van der Waals surface area contributed by atoms with Gasteiger partial charge in [-0.2, -0.15) is 0 Å². The number of aliphatic hydroxyl groups is 2. The third-order valence-corrected chi connectivity index (χ3v) is 5.56. The molecule has 0 heterocycles. The summed E-state index contributed by atoms with van der Waals surface area (Å²) in [4.78, 5) is 0. The van der Waals surface area contributed by atoms with Gasteiger partial charge in [-0.15, -0.1) is 47.3 Å². The van der Waals surface area contributed by atoms with Gasteiger partial charge in [0.1, 0.15) is 5.75 Å². The van der Waals surface area contributed by atoms with E-state index < -0.39 is 0 Å². The number of hydrogen-bond donors (Lipinski definition) is 3. The van der Waals surface area contributed by atoms with E-state index in [0.717, 1.165) is 24.7 Å². The average molecular weight is 753 g/mol. The fraction of sp³-hybridized carbons (Fsp3) is 0.636. The molecule has 0 saturated carbocycles. The molecule has 0 bridgehead atoms. The highest BCUT2D eigenvalue weighted by Gasteiger charge is 1.97. The molecule has 7 heteroatoms. The van der Waals surface area contributed by atoms with Crippen molar-refractivity contribution in [2.24, 2.45) is 11.8 Å². The lowest BCUT2D eigenvalue weighted by molar-refractivity contribution is 0.179. The van der Waals surface area contributed by atoms with E-state index in [9.17, 15) is 0 Å². The zero-order valence-corrected chi connectivity index (χ0v) is 31.4. The molecule has 0 aliphatic heterocycles. The molecule has 0 fully saturated rings. The van der Waals surface area contributed by atoms with Crippen LogP contribution in [-0.4, -0.2) is 30.7 Å². The monoisotopic (exact) mass is 750 g/mol. The first-order valence-electron chi connectivity index (χ1n) is 14.6. The summed E-state index contributed by atoms with van der Waals surface area (Å²) in [6.07, 6.45) is 9.20. The molecule has 2 aromatic rings. The highest BCUT2D eigenvalue weighted by atomic mass is 79.9. The van der Waals surface area contributed by atoms with Crippen molar-refractivity contribution in [1.29, 1.82) is 0 Å². The summed E-state index contributed by atoms with van der Waals surface area (Å²) < 4.78 is 0.271. The van der Waals surface area contributed by atoms with Gasteiger partial charge in [0.05, 0.1) is 12.2 Å². The van der Waals surface area contributed by atoms with Crippen molar-refractivity contribution >= 4 is 50.5 Å². The van der Waals surface area contributed by atoms with Crippen LogP contribution in [0.15, 0.2) is 48.5 Å². The molecule has 0 aromatic heterocycles. The van der Waals surface area contributed by atoms with Gasteiger partial charge in [0.2, 0.25) is 0 Å². The van der Waals surface area contributed by atoms with E-state index in [2.05, 4.69) is 113 Å². The van der Waals surface area contributed by atoms with Gasteiger partial charge in [0.15, 0.2) is 0 Å². The smallest absolute Gasteiger partial charge is 0.369 e. The molecule has 232 valence electrons. The van der Waals surface area contributed by atoms with E-state index in [4.69, 9.17) is 15.3 Å². The van der Waals surface area contributed by atoms with Crippen molar-refractivity contribution in [3.05, 3.63) is 65.2 Å². The van der Waals surface area contributed by atoms with Gasteiger partial charge in [-0.05, 0) is 71.4 Å². The standard InChI is InChI=1S/2C9H20O.C8H10.C7H8O.BBr3/c2*1-8(2)6-4-5-7-9(3)10;1-7-3-5-8(2)6-4-7;1-6-2-4-7(8)5-3-6;2-1(3)4/h2*8-10H,4-7H2,1-3H3;3-6H,1-2H3;2-5,8H,1H3;. The van der Waals surface area contributed by atoms with Crippen LogP contribution in [0.5, 0.6) is 5.75 Å². The Morgan fingerprint density at radius 3 is 0.950 bits per heavy atom. The quantitative estimate of drug-likeness (QED) is 0.167. The molecule has 2 rings (SSSR count). The van der Waals surface area contributed by atoms with Gasteiger partial charge in [0.25, 0.3) is 0 Å². The van der Waals surface area contributed by atoms with Gasteiger partial charge in [-0.25, -0.2) is 0 Å². The average Bonchev–Trinajstić information content (AvgIpc) is 2.84. The third kappa shape index (κ3) is 44.7. The van der Waals surface area contributed by atoms with Gasteiger partial charge < -0.3 is 15.3 Å². The molecule has 2 aromatic carbocycles. The number of rotatable bonds is 10. The largest absolute Gasteiger partial charge is 0.508 e. The summed E-state index contributed by atoms with van der Waals surface area (Å²) >= 11 is 9.31. The van der Waals surface area contributed by atoms with E-state index >= 15 is 0 Å². The fourth-order valence-electron chi connectivity index (χ4n) is 3.17. The zero-order valence-electron chi connectivity index (χ0n) is 26.6. The van der Waals surface area contributed by atoms with Crippen LogP contribution >= 0.6 is 47.3 Å². The van der Waals surface area contributed by atoms with Crippen molar-refractivity contribution in [3.8, 4) is 5.75 Å². The Hall–Kier alpha value is -0.335. The lowest BCUT2D eigenvalue weighted by Gasteiger charge is -2.05. The predicted octanol–water partition coefficient (Wildman–Crippen LogP) is 11.3. The van der Waals surface area contributed by atoms with Crippen molar-refractivity contribution in [3.63, 3.8) is 0 Å². The Bertz CT molecular complexity index is 637. The molecule has 0 saturated heterocycles. The molecular weight excluding hydrogens is 695 g/mol. The minimum absolute atomic E-state index is 0.104. The van der Waals surface area contributed by atoms with Gasteiger partial charge in [0, 0.05) is 0 Å². The predicted molar refractivity (Wildman–Crippen MR) is 191 cm³/mol. The van der Waals surface area contributed by atoms with Crippen molar-refractivity contribution in [2.45, 2.75) is 126 Å². The van der Waals surface area contributed by atoms with Crippen molar-refractivity contribution in [1.82, 2.24) is 0 Å². The van der Waals surface area contributed by atoms with Crippen LogP contribution in [0.25, 0.3) is 0 Å². The lowest BCUT2D eigenvalue weighted by Crippen LogP contribution is -1.98. The highest BCUT2D eigenvalue weighted by Crippen LogP contribution is 2.10. The van der Waals surface area contributed by atoms with E-state index in [-0.39, 0.29) is 15.4 Å². The first kappa shape index (κ1) is 44.1. The van der Waals surface area contributed by atoms with Crippen LogP contribution in [0.1, 0.15) is 110 Å². The van der Waals surface area contributed by atoms with Crippen molar-refractivity contribution < 1.29 is 15.3 Å². The van der Waals surface area contributed by atoms with Crippen LogP contribution < -0.4 is 0 Å². The second-order valence-electron chi connectivity index (χ2n) is 11.3. The number of unbranched alkanes of at least 4 members (excludes halogenated alkanes) is 2. The second-order valence-corrected chi connectivity index (χ2v) is 17.7. The minimum Gasteiger partial charge on any atom is -0.508 e. The zero-order chi connectivity index (χ0) is 31.5. The van der Waals surface area contributed by atoms with E-state index in [1.54, 1.807) is 12.1 Å². The second kappa shape index (κ2) is 30.1. The number of hydrogen-bond acceptors (Lipinski definition) is 3.